The van der Waals surface area contributed by atoms with E-state index in [9.17, 15) is 15.2 Å². The molecule has 11 nitrogen and oxygen atoms in total. The molecule has 0 fully saturated rings. The number of aliphatic imine (C=N–C) groups is 1. The lowest BCUT2D eigenvalue weighted by Gasteiger charge is -1.99. The Balaban J connectivity index is 1.79. The summed E-state index contributed by atoms with van der Waals surface area (Å²) >= 11 is 0. The number of anilines is 1. The van der Waals surface area contributed by atoms with Crippen LogP contribution in [0.2, 0.25) is 0 Å². The summed E-state index contributed by atoms with van der Waals surface area (Å²) < 4.78 is 4.42. The highest BCUT2D eigenvalue weighted by Gasteiger charge is 2.05. The summed E-state index contributed by atoms with van der Waals surface area (Å²) in [5.74, 6) is 0.0788. The van der Waals surface area contributed by atoms with Gasteiger partial charge in [0.2, 0.25) is 11.6 Å². The van der Waals surface area contributed by atoms with Crippen molar-refractivity contribution in [1.82, 2.24) is 10.3 Å². The summed E-state index contributed by atoms with van der Waals surface area (Å²) in [4.78, 5) is 14.1. The van der Waals surface area contributed by atoms with Crippen LogP contribution in [0.25, 0.3) is 0 Å². The minimum absolute atomic E-state index is 0.0229. The second-order valence-electron chi connectivity index (χ2n) is 4.95. The van der Waals surface area contributed by atoms with Gasteiger partial charge in [0, 0.05) is 23.9 Å². The fraction of sp³-hybridized carbons (Fsp3) is 0. The van der Waals surface area contributed by atoms with Crippen molar-refractivity contribution in [3.63, 3.8) is 0 Å². The first kappa shape index (κ1) is 16.7. The number of nitrogen functional groups attached to an aromatic ring is 1. The molecule has 0 saturated carbocycles. The van der Waals surface area contributed by atoms with Gasteiger partial charge in [-0.2, -0.15) is 10.2 Å². The number of phenolic OH excluding ortho intramolecular Hbond substituents is 1. The van der Waals surface area contributed by atoms with Gasteiger partial charge in [0.25, 0.3) is 5.69 Å². The van der Waals surface area contributed by atoms with Crippen LogP contribution in [0.15, 0.2) is 62.3 Å². The third-order valence-corrected chi connectivity index (χ3v) is 3.17. The minimum atomic E-state index is -0.496. The van der Waals surface area contributed by atoms with E-state index in [2.05, 4.69) is 30.2 Å². The smallest absolute Gasteiger partial charge is 0.269 e. The maximum atomic E-state index is 10.6. The zero-order chi connectivity index (χ0) is 18.5. The molecule has 0 amide bonds. The van der Waals surface area contributed by atoms with Gasteiger partial charge in [-0.15, -0.1) is 0 Å². The molecule has 1 heterocycles. The van der Waals surface area contributed by atoms with E-state index in [1.54, 1.807) is 6.07 Å². The first-order valence-corrected chi connectivity index (χ1v) is 7.14. The van der Waals surface area contributed by atoms with E-state index < -0.39 is 4.92 Å². The molecule has 0 spiro atoms. The predicted octanol–water partition coefficient (Wildman–Crippen LogP) is 3.43. The Bertz CT molecular complexity index is 995. The van der Waals surface area contributed by atoms with Crippen molar-refractivity contribution < 1.29 is 14.7 Å². The summed E-state index contributed by atoms with van der Waals surface area (Å²) in [6.45, 7) is 0. The molecule has 3 aromatic rings. The monoisotopic (exact) mass is 353 g/mol. The molecular weight excluding hydrogens is 342 g/mol. The number of hydrogen-bond donors (Lipinski definition) is 2. The molecule has 130 valence electrons. The lowest BCUT2D eigenvalue weighted by atomic mass is 10.2. The molecule has 2 aromatic carbocycles. The third-order valence-electron chi connectivity index (χ3n) is 3.17. The third kappa shape index (κ3) is 3.84. The van der Waals surface area contributed by atoms with E-state index in [1.165, 1.54) is 42.6 Å². The van der Waals surface area contributed by atoms with Crippen LogP contribution in [-0.4, -0.2) is 26.6 Å². The first-order valence-electron chi connectivity index (χ1n) is 7.14. The van der Waals surface area contributed by atoms with Crippen LogP contribution in [0.1, 0.15) is 5.56 Å². The summed E-state index contributed by atoms with van der Waals surface area (Å²) in [6, 6.07) is 10.1. The van der Waals surface area contributed by atoms with Gasteiger partial charge in [0.05, 0.1) is 16.3 Å². The minimum Gasteiger partial charge on any atom is -0.507 e. The molecule has 3 N–H and O–H groups in total. The van der Waals surface area contributed by atoms with E-state index in [0.717, 1.165) is 0 Å². The van der Waals surface area contributed by atoms with Gasteiger partial charge in [-0.25, -0.2) is 9.62 Å². The highest BCUT2D eigenvalue weighted by Crippen LogP contribution is 2.26. The average molecular weight is 353 g/mol. The molecule has 0 aliphatic rings. The fourth-order valence-corrected chi connectivity index (χ4v) is 1.88. The average Bonchev–Trinajstić information content (AvgIpc) is 3.05. The highest BCUT2D eigenvalue weighted by molar-refractivity contribution is 5.86. The van der Waals surface area contributed by atoms with Crippen LogP contribution in [0, 0.1) is 10.1 Å². The summed E-state index contributed by atoms with van der Waals surface area (Å²) in [7, 11) is 0. The number of phenols is 1. The molecule has 0 aliphatic carbocycles. The molecule has 1 aromatic heterocycles. The van der Waals surface area contributed by atoms with Crippen LogP contribution in [0.4, 0.5) is 28.7 Å². The SMILES string of the molecule is Nc1nonc1N=Cc1cc(N=Nc2ccc([N+](=O)[O-])cc2)ccc1O. The fourth-order valence-electron chi connectivity index (χ4n) is 1.88. The normalized spacial score (nSPS) is 11.4. The van der Waals surface area contributed by atoms with Crippen LogP contribution in [-0.2, 0) is 0 Å². The molecule has 0 bridgehead atoms. The van der Waals surface area contributed by atoms with Crippen molar-refractivity contribution in [3.8, 4) is 5.75 Å². The molecule has 3 rings (SSSR count). The number of nitro groups is 1. The number of nitrogens with two attached hydrogens (primary N) is 1. The van der Waals surface area contributed by atoms with Crippen molar-refractivity contribution in [2.24, 2.45) is 15.2 Å². The number of nitro benzene ring substituents is 1. The Morgan fingerprint density at radius 1 is 1.12 bits per heavy atom. The maximum Gasteiger partial charge on any atom is 0.269 e. The Morgan fingerprint density at radius 3 is 2.46 bits per heavy atom. The number of rotatable bonds is 5. The van der Waals surface area contributed by atoms with E-state index in [-0.39, 0.29) is 23.1 Å². The Labute approximate surface area is 145 Å². The molecule has 0 saturated heterocycles. The molecule has 0 radical (unpaired) electrons. The number of benzene rings is 2. The Morgan fingerprint density at radius 2 is 1.81 bits per heavy atom. The van der Waals surface area contributed by atoms with Gasteiger partial charge >= 0.3 is 0 Å². The topological polar surface area (TPSA) is 165 Å². The Hall–Kier alpha value is -4.15. The zero-order valence-corrected chi connectivity index (χ0v) is 13.1. The first-order chi connectivity index (χ1) is 12.5. The second-order valence-corrected chi connectivity index (χ2v) is 4.95. The van der Waals surface area contributed by atoms with Crippen LogP contribution in [0.3, 0.4) is 0 Å². The van der Waals surface area contributed by atoms with Crippen molar-refractivity contribution in [2.75, 3.05) is 5.73 Å². The molecule has 0 unspecified atom stereocenters. The number of hydrogen-bond acceptors (Lipinski definition) is 10. The standard InChI is InChI=1S/C15H11N7O4/c16-14-15(21-26-20-14)17-8-9-7-11(3-6-13(9)23)19-18-10-1-4-12(5-2-10)22(24)25/h1-8,23H,(H2,16,20). The van der Waals surface area contributed by atoms with E-state index in [0.29, 0.717) is 16.9 Å². The van der Waals surface area contributed by atoms with E-state index in [1.807, 2.05) is 0 Å². The zero-order valence-electron chi connectivity index (χ0n) is 13.1. The number of azo groups is 1. The van der Waals surface area contributed by atoms with Crippen molar-refractivity contribution in [3.05, 3.63) is 58.1 Å². The summed E-state index contributed by atoms with van der Waals surface area (Å²) in [6.07, 6.45) is 1.33. The lowest BCUT2D eigenvalue weighted by Crippen LogP contribution is -1.86. The van der Waals surface area contributed by atoms with Gasteiger partial charge in [-0.1, -0.05) is 0 Å². The van der Waals surface area contributed by atoms with Gasteiger partial charge in [0.1, 0.15) is 5.75 Å². The van der Waals surface area contributed by atoms with E-state index in [4.69, 9.17) is 5.73 Å². The van der Waals surface area contributed by atoms with Gasteiger partial charge in [-0.05, 0) is 40.6 Å². The predicted molar refractivity (Wildman–Crippen MR) is 91.3 cm³/mol. The van der Waals surface area contributed by atoms with E-state index >= 15 is 0 Å². The van der Waals surface area contributed by atoms with Crippen molar-refractivity contribution in [2.45, 2.75) is 0 Å². The number of aromatic nitrogens is 2. The number of aromatic hydroxyl groups is 1. The maximum absolute atomic E-state index is 10.6. The molecule has 0 atom stereocenters. The van der Waals surface area contributed by atoms with Crippen LogP contribution in [0.5, 0.6) is 5.75 Å². The lowest BCUT2D eigenvalue weighted by molar-refractivity contribution is -0.384. The van der Waals surface area contributed by atoms with Crippen molar-refractivity contribution >= 4 is 34.9 Å². The van der Waals surface area contributed by atoms with Crippen molar-refractivity contribution in [1.29, 1.82) is 0 Å². The number of nitrogens with zero attached hydrogens (tertiary/aromatic N) is 6. The highest BCUT2D eigenvalue weighted by atomic mass is 16.6. The van der Waals surface area contributed by atoms with Gasteiger partial charge in [0.15, 0.2) is 0 Å². The van der Waals surface area contributed by atoms with Gasteiger partial charge < -0.3 is 10.8 Å². The molecule has 26 heavy (non-hydrogen) atoms. The summed E-state index contributed by atoms with van der Waals surface area (Å²) in [5.41, 5.74) is 6.70. The molecule has 11 heteroatoms. The summed E-state index contributed by atoms with van der Waals surface area (Å²) in [5, 5.41) is 35.4. The quantitative estimate of drug-likeness (QED) is 0.307. The second kappa shape index (κ2) is 7.17. The largest absolute Gasteiger partial charge is 0.507 e. The van der Waals surface area contributed by atoms with Gasteiger partial charge in [-0.3, -0.25) is 10.1 Å². The molecule has 0 aliphatic heterocycles. The number of non-ortho nitro benzene ring substituents is 1. The van der Waals surface area contributed by atoms with Crippen LogP contribution < -0.4 is 5.73 Å². The molecular formula is C15H11N7O4. The Kier molecular flexibility index (Phi) is 4.60. The van der Waals surface area contributed by atoms with Crippen LogP contribution >= 0.6 is 0 Å².